The van der Waals surface area contributed by atoms with Crippen molar-refractivity contribution < 1.29 is 9.90 Å². The number of nitrogens with zero attached hydrogens (tertiary/aromatic N) is 1. The molecule has 3 heteroatoms. The summed E-state index contributed by atoms with van der Waals surface area (Å²) in [5.41, 5.74) is 1.48. The first kappa shape index (κ1) is 8.76. The molecule has 0 bridgehead atoms. The first-order valence-corrected chi connectivity index (χ1v) is 4.46. The van der Waals surface area contributed by atoms with Crippen molar-refractivity contribution in [2.75, 3.05) is 0 Å². The van der Waals surface area contributed by atoms with Crippen molar-refractivity contribution >= 4 is 5.97 Å². The number of hydrogen-bond acceptors (Lipinski definition) is 2. The Balaban J connectivity index is 2.27. The van der Waals surface area contributed by atoms with Gasteiger partial charge in [0.15, 0.2) is 0 Å². The fourth-order valence-corrected chi connectivity index (χ4v) is 1.73. The van der Waals surface area contributed by atoms with E-state index in [0.717, 1.165) is 5.56 Å². The molecule has 3 nitrogen and oxygen atoms in total. The quantitative estimate of drug-likeness (QED) is 0.767. The molecule has 1 aromatic rings. The molecule has 1 saturated carbocycles. The molecule has 0 spiro atoms. The lowest BCUT2D eigenvalue weighted by molar-refractivity contribution is -0.138. The minimum Gasteiger partial charge on any atom is -0.481 e. The van der Waals surface area contributed by atoms with Crippen LogP contribution < -0.4 is 0 Å². The van der Waals surface area contributed by atoms with E-state index in [1.807, 2.05) is 12.1 Å². The second-order valence-corrected chi connectivity index (χ2v) is 3.49. The number of nitriles is 1. The highest BCUT2D eigenvalue weighted by atomic mass is 16.4. The number of carbonyl (C=O) groups is 1. The van der Waals surface area contributed by atoms with Gasteiger partial charge in [-0.25, -0.2) is 0 Å². The molecule has 1 aliphatic rings. The Labute approximate surface area is 81.6 Å². The lowest BCUT2D eigenvalue weighted by atomic mass is 10.0. The summed E-state index contributed by atoms with van der Waals surface area (Å²) < 4.78 is 0. The zero-order valence-corrected chi connectivity index (χ0v) is 7.47. The van der Waals surface area contributed by atoms with Gasteiger partial charge in [-0.3, -0.25) is 4.79 Å². The molecule has 0 saturated heterocycles. The molecule has 0 amide bonds. The van der Waals surface area contributed by atoms with Crippen molar-refractivity contribution in [3.05, 3.63) is 35.4 Å². The molecule has 1 fully saturated rings. The topological polar surface area (TPSA) is 61.1 Å². The predicted octanol–water partition coefficient (Wildman–Crippen LogP) is 1.75. The number of carboxylic acid groups (broad SMARTS) is 1. The smallest absolute Gasteiger partial charge is 0.307 e. The molecule has 1 N–H and O–H groups in total. The van der Waals surface area contributed by atoms with Crippen LogP contribution in [0.3, 0.4) is 0 Å². The van der Waals surface area contributed by atoms with Gasteiger partial charge in [0.2, 0.25) is 0 Å². The Morgan fingerprint density at radius 1 is 1.50 bits per heavy atom. The molecule has 2 rings (SSSR count). The van der Waals surface area contributed by atoms with Crippen LogP contribution in [-0.2, 0) is 4.79 Å². The number of aliphatic carboxylic acids is 1. The van der Waals surface area contributed by atoms with Gasteiger partial charge in [-0.05, 0) is 24.0 Å². The third-order valence-corrected chi connectivity index (χ3v) is 2.59. The van der Waals surface area contributed by atoms with Gasteiger partial charge in [0.25, 0.3) is 0 Å². The van der Waals surface area contributed by atoms with E-state index in [2.05, 4.69) is 6.07 Å². The highest BCUT2D eigenvalue weighted by Gasteiger charge is 2.45. The normalized spacial score (nSPS) is 23.9. The molecule has 14 heavy (non-hydrogen) atoms. The first-order chi connectivity index (χ1) is 6.74. The van der Waals surface area contributed by atoms with Crippen LogP contribution in [0.2, 0.25) is 0 Å². The lowest BCUT2D eigenvalue weighted by Gasteiger charge is -2.00. The SMILES string of the molecule is N#Cc1ccccc1[C@H]1C[C@H]1C(=O)O. The molecule has 2 atom stereocenters. The summed E-state index contributed by atoms with van der Waals surface area (Å²) in [6.07, 6.45) is 0.661. The Kier molecular flexibility index (Phi) is 1.97. The zero-order valence-electron chi connectivity index (χ0n) is 7.47. The summed E-state index contributed by atoms with van der Waals surface area (Å²) in [4.78, 5) is 10.7. The van der Waals surface area contributed by atoms with E-state index >= 15 is 0 Å². The van der Waals surface area contributed by atoms with Crippen LogP contribution >= 0.6 is 0 Å². The maximum absolute atomic E-state index is 10.7. The van der Waals surface area contributed by atoms with Crippen molar-refractivity contribution in [1.82, 2.24) is 0 Å². The van der Waals surface area contributed by atoms with Crippen LogP contribution in [0.15, 0.2) is 24.3 Å². The molecular formula is C11H9NO2. The van der Waals surface area contributed by atoms with Gasteiger partial charge in [0, 0.05) is 0 Å². The van der Waals surface area contributed by atoms with E-state index < -0.39 is 5.97 Å². The second kappa shape index (κ2) is 3.15. The van der Waals surface area contributed by atoms with E-state index in [4.69, 9.17) is 10.4 Å². The van der Waals surface area contributed by atoms with E-state index in [0.29, 0.717) is 12.0 Å². The standard InChI is InChI=1S/C11H9NO2/c12-6-7-3-1-2-4-8(7)9-5-10(9)11(13)14/h1-4,9-10H,5H2,(H,13,14)/t9-,10-/m1/s1. The van der Waals surface area contributed by atoms with E-state index in [1.54, 1.807) is 12.1 Å². The molecule has 0 radical (unpaired) electrons. The monoisotopic (exact) mass is 187 g/mol. The van der Waals surface area contributed by atoms with Crippen LogP contribution in [0.25, 0.3) is 0 Å². The molecule has 1 aliphatic carbocycles. The van der Waals surface area contributed by atoms with Gasteiger partial charge in [-0.15, -0.1) is 0 Å². The Bertz CT molecular complexity index is 420. The fourth-order valence-electron chi connectivity index (χ4n) is 1.73. The van der Waals surface area contributed by atoms with E-state index in [1.165, 1.54) is 0 Å². The number of carboxylic acids is 1. The maximum atomic E-state index is 10.7. The average Bonchev–Trinajstić information content (AvgIpc) is 2.97. The highest BCUT2D eigenvalue weighted by molar-refractivity contribution is 5.75. The third kappa shape index (κ3) is 1.35. The maximum Gasteiger partial charge on any atom is 0.307 e. The fraction of sp³-hybridized carbons (Fsp3) is 0.273. The van der Waals surface area contributed by atoms with Gasteiger partial charge in [0.05, 0.1) is 17.6 Å². The molecule has 70 valence electrons. The van der Waals surface area contributed by atoms with Crippen LogP contribution in [0.5, 0.6) is 0 Å². The average molecular weight is 187 g/mol. The van der Waals surface area contributed by atoms with E-state index in [9.17, 15) is 4.79 Å². The molecule has 1 aromatic carbocycles. The van der Waals surface area contributed by atoms with Gasteiger partial charge < -0.3 is 5.11 Å². The van der Waals surface area contributed by atoms with Gasteiger partial charge in [-0.2, -0.15) is 5.26 Å². The van der Waals surface area contributed by atoms with Crippen LogP contribution in [0.4, 0.5) is 0 Å². The minimum absolute atomic E-state index is 0.0448. The predicted molar refractivity (Wildman–Crippen MR) is 49.6 cm³/mol. The van der Waals surface area contributed by atoms with Crippen molar-refractivity contribution in [1.29, 1.82) is 5.26 Å². The lowest BCUT2D eigenvalue weighted by Crippen LogP contribution is -1.99. The summed E-state index contributed by atoms with van der Waals surface area (Å²) in [5.74, 6) is -1.00. The summed E-state index contributed by atoms with van der Waals surface area (Å²) in [7, 11) is 0. The number of benzene rings is 1. The Morgan fingerprint density at radius 3 is 2.79 bits per heavy atom. The van der Waals surface area contributed by atoms with Crippen LogP contribution in [-0.4, -0.2) is 11.1 Å². The largest absolute Gasteiger partial charge is 0.481 e. The minimum atomic E-state index is -0.761. The van der Waals surface area contributed by atoms with Crippen LogP contribution in [0.1, 0.15) is 23.5 Å². The van der Waals surface area contributed by atoms with Crippen LogP contribution in [0, 0.1) is 17.2 Å². The van der Waals surface area contributed by atoms with Gasteiger partial charge in [0.1, 0.15) is 0 Å². The summed E-state index contributed by atoms with van der Waals surface area (Å²) in [6, 6.07) is 9.28. The molecular weight excluding hydrogens is 178 g/mol. The third-order valence-electron chi connectivity index (χ3n) is 2.59. The van der Waals surface area contributed by atoms with Gasteiger partial charge >= 0.3 is 5.97 Å². The highest BCUT2D eigenvalue weighted by Crippen LogP contribution is 2.48. The second-order valence-electron chi connectivity index (χ2n) is 3.49. The number of hydrogen-bond donors (Lipinski definition) is 1. The molecule has 0 unspecified atom stereocenters. The first-order valence-electron chi connectivity index (χ1n) is 4.46. The summed E-state index contributed by atoms with van der Waals surface area (Å²) in [6.45, 7) is 0. The summed E-state index contributed by atoms with van der Waals surface area (Å²) in [5, 5.41) is 17.6. The van der Waals surface area contributed by atoms with Gasteiger partial charge in [-0.1, -0.05) is 18.2 Å². The summed E-state index contributed by atoms with van der Waals surface area (Å²) >= 11 is 0. The van der Waals surface area contributed by atoms with Crippen molar-refractivity contribution in [2.24, 2.45) is 5.92 Å². The number of rotatable bonds is 2. The van der Waals surface area contributed by atoms with Crippen molar-refractivity contribution in [3.8, 4) is 6.07 Å². The van der Waals surface area contributed by atoms with Crippen molar-refractivity contribution in [2.45, 2.75) is 12.3 Å². The Hall–Kier alpha value is -1.82. The molecule has 0 heterocycles. The Morgan fingerprint density at radius 2 is 2.21 bits per heavy atom. The van der Waals surface area contributed by atoms with Crippen molar-refractivity contribution in [3.63, 3.8) is 0 Å². The zero-order chi connectivity index (χ0) is 10.1. The molecule has 0 aromatic heterocycles. The molecule has 0 aliphatic heterocycles. The van der Waals surface area contributed by atoms with E-state index in [-0.39, 0.29) is 11.8 Å².